The van der Waals surface area contributed by atoms with Crippen molar-refractivity contribution >= 4 is 43.3 Å². The Morgan fingerprint density at radius 2 is 1.18 bits per heavy atom. The molecule has 0 aliphatic carbocycles. The molecule has 0 saturated carbocycles. The van der Waals surface area contributed by atoms with Crippen LogP contribution in [0, 0.1) is 0 Å². The van der Waals surface area contributed by atoms with E-state index >= 15 is 0 Å². The fourth-order valence-corrected chi connectivity index (χ4v) is 5.54. The molecule has 176 valence electrons. The predicted molar refractivity (Wildman–Crippen MR) is 149 cm³/mol. The zero-order valence-electron chi connectivity index (χ0n) is 20.7. The lowest BCUT2D eigenvalue weighted by molar-refractivity contribution is 0.549. The first-order valence-corrected chi connectivity index (χ1v) is 13.6. The van der Waals surface area contributed by atoms with E-state index in [0.29, 0.717) is 0 Å². The van der Waals surface area contributed by atoms with E-state index in [1.165, 1.54) is 120 Å². The van der Waals surface area contributed by atoms with Gasteiger partial charge in [-0.15, -0.1) is 0 Å². The second-order valence-corrected chi connectivity index (χ2v) is 10.1. The zero-order valence-corrected chi connectivity index (χ0v) is 20.7. The Labute approximate surface area is 204 Å². The van der Waals surface area contributed by atoms with Crippen molar-refractivity contribution in [1.82, 2.24) is 0 Å². The van der Waals surface area contributed by atoms with Gasteiger partial charge < -0.3 is 4.42 Å². The first-order valence-electron chi connectivity index (χ1n) is 13.6. The van der Waals surface area contributed by atoms with Crippen molar-refractivity contribution in [2.45, 2.75) is 84.0 Å². The third-order valence-electron chi connectivity index (χ3n) is 7.54. The molecule has 0 aliphatic rings. The van der Waals surface area contributed by atoms with Gasteiger partial charge >= 0.3 is 0 Å². The summed E-state index contributed by atoms with van der Waals surface area (Å²) in [5.41, 5.74) is 2.43. The lowest BCUT2D eigenvalue weighted by Gasteiger charge is -2.09. The first kappa shape index (κ1) is 23.0. The second-order valence-electron chi connectivity index (χ2n) is 10.1. The third-order valence-corrected chi connectivity index (χ3v) is 7.54. The Kier molecular flexibility index (Phi) is 7.49. The highest BCUT2D eigenvalue weighted by atomic mass is 16.3. The summed E-state index contributed by atoms with van der Waals surface area (Å²) in [6.45, 7) is 2.29. The van der Waals surface area contributed by atoms with E-state index in [9.17, 15) is 0 Å². The maximum absolute atomic E-state index is 5.60. The van der Waals surface area contributed by atoms with Crippen LogP contribution in [0.3, 0.4) is 0 Å². The van der Waals surface area contributed by atoms with E-state index in [-0.39, 0.29) is 0 Å². The molecule has 0 bridgehead atoms. The fraction of sp³-hybridized carbons (Fsp3) is 0.394. The van der Waals surface area contributed by atoms with Crippen LogP contribution in [-0.4, -0.2) is 0 Å². The van der Waals surface area contributed by atoms with Crippen molar-refractivity contribution in [3.63, 3.8) is 0 Å². The van der Waals surface area contributed by atoms with Gasteiger partial charge in [0.1, 0.15) is 5.58 Å². The molecule has 0 atom stereocenters. The minimum atomic E-state index is 0.958. The standard InChI is InChI=1S/C33H38O/c1-2-3-4-5-6-7-8-9-10-11-12-13-25-14-15-26-24-32-27(23-28(26)22-25)16-17-29-30(32)18-19-33-31(29)20-21-34-33/h14-24H,2-13H2,1H3. The molecular formula is C33H38O. The molecule has 0 saturated heterocycles. The third kappa shape index (κ3) is 5.14. The molecule has 1 heterocycles. The number of hydrogen-bond acceptors (Lipinski definition) is 1. The lowest BCUT2D eigenvalue weighted by Crippen LogP contribution is -1.88. The molecule has 1 aromatic heterocycles. The van der Waals surface area contributed by atoms with Gasteiger partial charge in [-0.05, 0) is 75.0 Å². The molecule has 0 N–H and O–H groups in total. The second kappa shape index (κ2) is 11.1. The van der Waals surface area contributed by atoms with Crippen LogP contribution in [-0.2, 0) is 6.42 Å². The van der Waals surface area contributed by atoms with Gasteiger partial charge in [0.25, 0.3) is 0 Å². The lowest BCUT2D eigenvalue weighted by atomic mass is 9.95. The van der Waals surface area contributed by atoms with Crippen molar-refractivity contribution in [2.24, 2.45) is 0 Å². The molecule has 0 spiro atoms. The SMILES string of the molecule is CCCCCCCCCCCCCc1ccc2cc3c(ccc4c5ccoc5ccc34)cc2c1. The van der Waals surface area contributed by atoms with Gasteiger partial charge in [-0.3, -0.25) is 0 Å². The molecule has 5 aromatic rings. The summed E-state index contributed by atoms with van der Waals surface area (Å²) in [5.74, 6) is 0. The predicted octanol–water partition coefficient (Wildman–Crippen LogP) is 10.7. The Morgan fingerprint density at radius 3 is 1.97 bits per heavy atom. The van der Waals surface area contributed by atoms with Crippen LogP contribution in [0.25, 0.3) is 43.3 Å². The van der Waals surface area contributed by atoms with E-state index in [2.05, 4.69) is 67.6 Å². The molecule has 0 fully saturated rings. The van der Waals surface area contributed by atoms with Crippen LogP contribution in [0.2, 0.25) is 0 Å². The summed E-state index contributed by atoms with van der Waals surface area (Å²) in [6.07, 6.45) is 18.4. The maximum atomic E-state index is 5.60. The van der Waals surface area contributed by atoms with Crippen molar-refractivity contribution in [1.29, 1.82) is 0 Å². The number of fused-ring (bicyclic) bond motifs is 6. The van der Waals surface area contributed by atoms with Gasteiger partial charge in [0.15, 0.2) is 0 Å². The highest BCUT2D eigenvalue weighted by Gasteiger charge is 2.08. The Hall–Kier alpha value is -2.80. The number of benzene rings is 4. The zero-order chi connectivity index (χ0) is 23.2. The minimum absolute atomic E-state index is 0.958. The topological polar surface area (TPSA) is 13.1 Å². The normalized spacial score (nSPS) is 11.9. The quantitative estimate of drug-likeness (QED) is 0.105. The van der Waals surface area contributed by atoms with Crippen LogP contribution in [0.1, 0.15) is 83.1 Å². The maximum Gasteiger partial charge on any atom is 0.134 e. The first-order chi connectivity index (χ1) is 16.8. The molecule has 1 heteroatoms. The van der Waals surface area contributed by atoms with E-state index in [1.807, 2.05) is 0 Å². The average Bonchev–Trinajstić information content (AvgIpc) is 3.35. The van der Waals surface area contributed by atoms with Crippen molar-refractivity contribution in [3.05, 3.63) is 72.5 Å². The number of hydrogen-bond donors (Lipinski definition) is 0. The molecule has 4 aromatic carbocycles. The summed E-state index contributed by atoms with van der Waals surface area (Å²) >= 11 is 0. The minimum Gasteiger partial charge on any atom is -0.464 e. The van der Waals surface area contributed by atoms with Gasteiger partial charge in [0.2, 0.25) is 0 Å². The highest BCUT2D eigenvalue weighted by molar-refractivity contribution is 6.18. The molecule has 5 rings (SSSR count). The number of aryl methyl sites for hydroxylation is 1. The monoisotopic (exact) mass is 450 g/mol. The van der Waals surface area contributed by atoms with E-state index < -0.39 is 0 Å². The largest absolute Gasteiger partial charge is 0.464 e. The highest BCUT2D eigenvalue weighted by Crippen LogP contribution is 2.34. The molecule has 0 radical (unpaired) electrons. The van der Waals surface area contributed by atoms with Crippen LogP contribution >= 0.6 is 0 Å². The molecular weight excluding hydrogens is 412 g/mol. The molecule has 0 aliphatic heterocycles. The van der Waals surface area contributed by atoms with Crippen LogP contribution in [0.4, 0.5) is 0 Å². The van der Waals surface area contributed by atoms with E-state index in [1.54, 1.807) is 6.26 Å². The fourth-order valence-electron chi connectivity index (χ4n) is 5.54. The Bertz CT molecular complexity index is 1370. The summed E-state index contributed by atoms with van der Waals surface area (Å²) in [5, 5.41) is 9.10. The molecule has 1 nitrogen and oxygen atoms in total. The van der Waals surface area contributed by atoms with E-state index in [4.69, 9.17) is 4.42 Å². The van der Waals surface area contributed by atoms with E-state index in [0.717, 1.165) is 5.58 Å². The Morgan fingerprint density at radius 1 is 0.500 bits per heavy atom. The van der Waals surface area contributed by atoms with Gasteiger partial charge in [0, 0.05) is 5.39 Å². The van der Waals surface area contributed by atoms with Crippen molar-refractivity contribution in [3.8, 4) is 0 Å². The van der Waals surface area contributed by atoms with Gasteiger partial charge in [-0.25, -0.2) is 0 Å². The molecule has 34 heavy (non-hydrogen) atoms. The van der Waals surface area contributed by atoms with Crippen LogP contribution < -0.4 is 0 Å². The smallest absolute Gasteiger partial charge is 0.134 e. The van der Waals surface area contributed by atoms with Crippen molar-refractivity contribution < 1.29 is 4.42 Å². The summed E-state index contributed by atoms with van der Waals surface area (Å²) in [7, 11) is 0. The molecule has 0 unspecified atom stereocenters. The van der Waals surface area contributed by atoms with Crippen molar-refractivity contribution in [2.75, 3.05) is 0 Å². The van der Waals surface area contributed by atoms with Gasteiger partial charge in [0.05, 0.1) is 6.26 Å². The summed E-state index contributed by atoms with van der Waals surface area (Å²) < 4.78 is 5.60. The van der Waals surface area contributed by atoms with Crippen LogP contribution in [0.5, 0.6) is 0 Å². The summed E-state index contributed by atoms with van der Waals surface area (Å²) in [4.78, 5) is 0. The van der Waals surface area contributed by atoms with Gasteiger partial charge in [-0.1, -0.05) is 108 Å². The number of rotatable bonds is 12. The average molecular weight is 451 g/mol. The van der Waals surface area contributed by atoms with Gasteiger partial charge in [-0.2, -0.15) is 0 Å². The molecule has 0 amide bonds. The Balaban J connectivity index is 1.19. The number of furan rings is 1. The summed E-state index contributed by atoms with van der Waals surface area (Å²) in [6, 6.07) is 22.7. The van der Waals surface area contributed by atoms with Crippen LogP contribution in [0.15, 0.2) is 71.3 Å². The number of unbranched alkanes of at least 4 members (excludes halogenated alkanes) is 10.